The van der Waals surface area contributed by atoms with E-state index in [2.05, 4.69) is 0 Å². The van der Waals surface area contributed by atoms with Crippen LogP contribution in [0.5, 0.6) is 0 Å². The summed E-state index contributed by atoms with van der Waals surface area (Å²) in [6.07, 6.45) is -6.12. The third-order valence-electron chi connectivity index (χ3n) is 4.86. The van der Waals surface area contributed by atoms with Crippen LogP contribution in [0.15, 0.2) is 24.3 Å². The highest BCUT2D eigenvalue weighted by Crippen LogP contribution is 2.51. The minimum Gasteiger partial charge on any atom is -0.373 e. The van der Waals surface area contributed by atoms with E-state index in [1.54, 1.807) is 0 Å². The number of hydrogen-bond acceptors (Lipinski definition) is 5. The average Bonchev–Trinajstić information content (AvgIpc) is 3.23. The van der Waals surface area contributed by atoms with Crippen LogP contribution in [0.2, 0.25) is 0 Å². The van der Waals surface area contributed by atoms with Gasteiger partial charge >= 0.3 is 12.1 Å². The molecule has 2 fully saturated rings. The third-order valence-corrected chi connectivity index (χ3v) is 4.86. The van der Waals surface area contributed by atoms with Crippen molar-refractivity contribution in [3.63, 3.8) is 0 Å². The van der Waals surface area contributed by atoms with E-state index < -0.39 is 48.0 Å². The van der Waals surface area contributed by atoms with Gasteiger partial charge in [-0.3, -0.25) is 9.59 Å². The first-order chi connectivity index (χ1) is 11.8. The van der Waals surface area contributed by atoms with E-state index in [1.165, 1.54) is 24.3 Å². The smallest absolute Gasteiger partial charge is 0.373 e. The van der Waals surface area contributed by atoms with Crippen LogP contribution in [0, 0.1) is 11.8 Å². The van der Waals surface area contributed by atoms with Gasteiger partial charge in [-0.2, -0.15) is 13.2 Å². The zero-order valence-electron chi connectivity index (χ0n) is 12.7. The van der Waals surface area contributed by atoms with Crippen LogP contribution in [0.25, 0.3) is 0 Å². The van der Waals surface area contributed by atoms with Crippen molar-refractivity contribution >= 4 is 17.8 Å². The van der Waals surface area contributed by atoms with Crippen LogP contribution in [-0.2, 0) is 14.4 Å². The fourth-order valence-corrected chi connectivity index (χ4v) is 3.79. The lowest BCUT2D eigenvalue weighted by Gasteiger charge is -2.28. The molecule has 2 saturated heterocycles. The number of carbonyl (C=O) groups excluding carboxylic acids is 3. The number of amides is 2. The summed E-state index contributed by atoms with van der Waals surface area (Å²) < 4.78 is 45.0. The molecule has 132 valence electrons. The number of nitrogens with zero attached hydrogens (tertiary/aromatic N) is 1. The van der Waals surface area contributed by atoms with Crippen molar-refractivity contribution in [1.82, 2.24) is 5.06 Å². The Morgan fingerprint density at radius 3 is 2.20 bits per heavy atom. The van der Waals surface area contributed by atoms with Gasteiger partial charge in [0.05, 0.1) is 35.2 Å². The maximum Gasteiger partial charge on any atom is 0.395 e. The van der Waals surface area contributed by atoms with Gasteiger partial charge in [-0.15, -0.1) is 0 Å². The first-order valence-corrected chi connectivity index (χ1v) is 7.71. The lowest BCUT2D eigenvalue weighted by Crippen LogP contribution is -2.45. The van der Waals surface area contributed by atoms with E-state index in [0.29, 0.717) is 6.42 Å². The van der Waals surface area contributed by atoms with Gasteiger partial charge in [0.15, 0.2) is 0 Å². The van der Waals surface area contributed by atoms with E-state index in [1.807, 2.05) is 0 Å². The van der Waals surface area contributed by atoms with E-state index in [-0.39, 0.29) is 22.6 Å². The second-order valence-corrected chi connectivity index (χ2v) is 6.24. The van der Waals surface area contributed by atoms with Gasteiger partial charge < -0.3 is 9.57 Å². The Bertz CT molecular complexity index is 742. The molecule has 25 heavy (non-hydrogen) atoms. The SMILES string of the molecule is O=C(ON1C(=O)c2ccccc2C1=O)C1C2CCC(O2)C1C(F)(F)F. The normalized spacial score (nSPS) is 30.8. The summed E-state index contributed by atoms with van der Waals surface area (Å²) >= 11 is 0. The van der Waals surface area contributed by atoms with Gasteiger partial charge in [-0.25, -0.2) is 4.79 Å². The Morgan fingerprint density at radius 1 is 1.08 bits per heavy atom. The van der Waals surface area contributed by atoms with Crippen molar-refractivity contribution in [3.05, 3.63) is 35.4 Å². The molecule has 1 aromatic rings. The molecule has 0 saturated carbocycles. The van der Waals surface area contributed by atoms with Crippen LogP contribution in [0.4, 0.5) is 13.2 Å². The number of hydroxylamine groups is 2. The van der Waals surface area contributed by atoms with E-state index >= 15 is 0 Å². The van der Waals surface area contributed by atoms with Gasteiger partial charge in [-0.1, -0.05) is 17.2 Å². The standard InChI is InChI=1S/C16H12F3NO5/c17-16(18,19)12-10-6-5-9(24-10)11(12)15(23)25-20-13(21)7-3-1-2-4-8(7)14(20)22/h1-4,9-12H,5-6H2. The van der Waals surface area contributed by atoms with Gasteiger partial charge in [0.1, 0.15) is 0 Å². The molecule has 3 aliphatic heterocycles. The fourth-order valence-electron chi connectivity index (χ4n) is 3.79. The highest BCUT2D eigenvalue weighted by atomic mass is 19.4. The van der Waals surface area contributed by atoms with E-state index in [9.17, 15) is 27.6 Å². The summed E-state index contributed by atoms with van der Waals surface area (Å²) in [6.45, 7) is 0. The first kappa shape index (κ1) is 16.1. The van der Waals surface area contributed by atoms with Crippen molar-refractivity contribution in [3.8, 4) is 0 Å². The van der Waals surface area contributed by atoms with Crippen LogP contribution >= 0.6 is 0 Å². The molecule has 4 unspecified atom stereocenters. The summed E-state index contributed by atoms with van der Waals surface area (Å²) in [5, 5.41) is 0.229. The maximum atomic E-state index is 13.3. The van der Waals surface area contributed by atoms with E-state index in [0.717, 1.165) is 0 Å². The summed E-state index contributed by atoms with van der Waals surface area (Å²) in [5.41, 5.74) is 0.0775. The fraction of sp³-hybridized carbons (Fsp3) is 0.438. The molecule has 3 aliphatic rings. The zero-order chi connectivity index (χ0) is 17.9. The Morgan fingerprint density at radius 2 is 1.64 bits per heavy atom. The molecular formula is C16H12F3NO5. The van der Waals surface area contributed by atoms with Gasteiger partial charge in [0.2, 0.25) is 0 Å². The van der Waals surface area contributed by atoms with Gasteiger partial charge in [-0.05, 0) is 25.0 Å². The number of hydrogen-bond donors (Lipinski definition) is 0. The molecule has 2 bridgehead atoms. The predicted octanol–water partition coefficient (Wildman–Crippen LogP) is 2.10. The Balaban J connectivity index is 1.57. The monoisotopic (exact) mass is 355 g/mol. The second kappa shape index (κ2) is 5.29. The van der Waals surface area contributed by atoms with Crippen molar-refractivity contribution in [2.75, 3.05) is 0 Å². The highest BCUT2D eigenvalue weighted by molar-refractivity contribution is 6.20. The van der Waals surface area contributed by atoms with Crippen molar-refractivity contribution in [2.24, 2.45) is 11.8 Å². The maximum absolute atomic E-state index is 13.3. The minimum absolute atomic E-state index is 0.0388. The number of ether oxygens (including phenoxy) is 1. The number of benzene rings is 1. The molecule has 0 aliphatic carbocycles. The molecule has 4 rings (SSSR count). The number of alkyl halides is 3. The lowest BCUT2D eigenvalue weighted by atomic mass is 9.79. The Kier molecular flexibility index (Phi) is 3.40. The van der Waals surface area contributed by atoms with Crippen molar-refractivity contribution in [2.45, 2.75) is 31.2 Å². The third kappa shape index (κ3) is 2.33. The van der Waals surface area contributed by atoms with Crippen molar-refractivity contribution in [1.29, 1.82) is 0 Å². The molecule has 3 heterocycles. The molecule has 4 atom stereocenters. The van der Waals surface area contributed by atoms with Crippen LogP contribution in [-0.4, -0.2) is 41.2 Å². The lowest BCUT2D eigenvalue weighted by molar-refractivity contribution is -0.210. The molecule has 1 aromatic carbocycles. The van der Waals surface area contributed by atoms with Crippen molar-refractivity contribution < 1.29 is 37.1 Å². The summed E-state index contributed by atoms with van der Waals surface area (Å²) in [4.78, 5) is 41.5. The number of halogens is 3. The highest BCUT2D eigenvalue weighted by Gasteiger charge is 2.63. The Hall–Kier alpha value is -2.42. The minimum atomic E-state index is -4.63. The number of carbonyl (C=O) groups is 3. The first-order valence-electron chi connectivity index (χ1n) is 7.71. The topological polar surface area (TPSA) is 72.9 Å². The molecular weight excluding hydrogens is 343 g/mol. The molecule has 9 heteroatoms. The van der Waals surface area contributed by atoms with E-state index in [4.69, 9.17) is 9.57 Å². The molecule has 0 aromatic heterocycles. The quantitative estimate of drug-likeness (QED) is 0.760. The molecule has 2 amide bonds. The number of rotatable bonds is 2. The largest absolute Gasteiger partial charge is 0.395 e. The van der Waals surface area contributed by atoms with Gasteiger partial charge in [0.25, 0.3) is 11.8 Å². The molecule has 0 radical (unpaired) electrons. The van der Waals surface area contributed by atoms with Crippen LogP contribution in [0.1, 0.15) is 33.6 Å². The second-order valence-electron chi connectivity index (χ2n) is 6.24. The average molecular weight is 355 g/mol. The number of imide groups is 1. The molecule has 0 N–H and O–H groups in total. The van der Waals surface area contributed by atoms with Gasteiger partial charge in [0, 0.05) is 0 Å². The van der Waals surface area contributed by atoms with Crippen LogP contribution in [0.3, 0.4) is 0 Å². The summed E-state index contributed by atoms with van der Waals surface area (Å²) in [7, 11) is 0. The number of fused-ring (bicyclic) bond motifs is 3. The van der Waals surface area contributed by atoms with Crippen LogP contribution < -0.4 is 0 Å². The summed E-state index contributed by atoms with van der Waals surface area (Å²) in [6, 6.07) is 5.81. The Labute approximate surface area is 139 Å². The predicted molar refractivity (Wildman–Crippen MR) is 74.0 cm³/mol. The molecule has 0 spiro atoms. The molecule has 6 nitrogen and oxygen atoms in total. The zero-order valence-corrected chi connectivity index (χ0v) is 12.7. The summed E-state index contributed by atoms with van der Waals surface area (Å²) in [5.74, 6) is -6.59.